The van der Waals surface area contributed by atoms with Gasteiger partial charge in [-0.05, 0) is 18.3 Å². The molecule has 0 aliphatic carbocycles. The minimum Gasteiger partial charge on any atom is -0.265 e. The lowest BCUT2D eigenvalue weighted by atomic mass is 9.96. The summed E-state index contributed by atoms with van der Waals surface area (Å²) in [7, 11) is 0. The van der Waals surface area contributed by atoms with Crippen LogP contribution in [0.4, 0.5) is 0 Å². The Balaban J connectivity index is 3.27. The second-order valence-corrected chi connectivity index (χ2v) is 4.63. The van der Waals surface area contributed by atoms with Crippen LogP contribution in [-0.2, 0) is 0 Å². The highest BCUT2D eigenvalue weighted by Crippen LogP contribution is 2.16. The Morgan fingerprint density at radius 3 is 2.14 bits per heavy atom. The van der Waals surface area contributed by atoms with E-state index in [0.717, 1.165) is 18.8 Å². The van der Waals surface area contributed by atoms with Crippen molar-refractivity contribution >= 4 is 0 Å². The molecule has 0 radical (unpaired) electrons. The zero-order valence-corrected chi connectivity index (χ0v) is 9.66. The predicted octanol–water partition coefficient (Wildman–Crippen LogP) is 3.51. The van der Waals surface area contributed by atoms with E-state index < -0.39 is 0 Å². The second kappa shape index (κ2) is 7.77. The smallest absolute Gasteiger partial charge is 0.203 e. The Morgan fingerprint density at radius 2 is 1.64 bits per heavy atom. The van der Waals surface area contributed by atoms with Gasteiger partial charge in [-0.3, -0.25) is 10.1 Å². The third-order valence-corrected chi connectivity index (χ3v) is 2.52. The summed E-state index contributed by atoms with van der Waals surface area (Å²) in [6.45, 7) is 6.80. The first-order valence-corrected chi connectivity index (χ1v) is 5.64. The molecule has 0 aliphatic rings. The van der Waals surface area contributed by atoms with E-state index in [0.29, 0.717) is 5.92 Å². The molecule has 0 heterocycles. The quantitative estimate of drug-likeness (QED) is 0.445. The Kier molecular flexibility index (Phi) is 7.44. The summed E-state index contributed by atoms with van der Waals surface area (Å²) in [5.41, 5.74) is 0. The highest BCUT2D eigenvalue weighted by molar-refractivity contribution is 4.55. The lowest BCUT2D eigenvalue weighted by Gasteiger charge is -2.10. The minimum atomic E-state index is -0.221. The van der Waals surface area contributed by atoms with E-state index in [1.807, 2.05) is 0 Å². The largest absolute Gasteiger partial charge is 0.265 e. The Hall–Kier alpha value is -0.600. The van der Waals surface area contributed by atoms with E-state index in [2.05, 4.69) is 20.8 Å². The molecule has 1 unspecified atom stereocenters. The Bertz CT molecular complexity index is 157. The number of hydrogen-bond acceptors (Lipinski definition) is 2. The van der Waals surface area contributed by atoms with Crippen LogP contribution in [0.5, 0.6) is 0 Å². The van der Waals surface area contributed by atoms with Gasteiger partial charge in [-0.15, -0.1) is 0 Å². The number of rotatable bonds is 8. The standard InChI is InChI=1S/C11H23NO2/c1-10(2)6-4-7-11(3)8-5-9-12(13)14/h10-11H,4-9H2,1-3H3. The van der Waals surface area contributed by atoms with E-state index in [9.17, 15) is 10.1 Å². The number of nitrogens with zero attached hydrogens (tertiary/aromatic N) is 1. The van der Waals surface area contributed by atoms with Crippen molar-refractivity contribution in [2.45, 2.75) is 52.9 Å². The summed E-state index contributed by atoms with van der Waals surface area (Å²) in [5, 5.41) is 10.1. The number of hydrogen-bond donors (Lipinski definition) is 0. The van der Waals surface area contributed by atoms with Crippen LogP contribution < -0.4 is 0 Å². The monoisotopic (exact) mass is 201 g/mol. The van der Waals surface area contributed by atoms with Crippen molar-refractivity contribution in [3.05, 3.63) is 10.1 Å². The molecule has 14 heavy (non-hydrogen) atoms. The van der Waals surface area contributed by atoms with Crippen molar-refractivity contribution in [3.8, 4) is 0 Å². The van der Waals surface area contributed by atoms with Gasteiger partial charge in [-0.1, -0.05) is 40.0 Å². The lowest BCUT2D eigenvalue weighted by Crippen LogP contribution is -2.04. The molecule has 0 rings (SSSR count). The molecule has 0 aliphatic heterocycles. The van der Waals surface area contributed by atoms with Gasteiger partial charge in [0.05, 0.1) is 0 Å². The van der Waals surface area contributed by atoms with E-state index in [-0.39, 0.29) is 11.5 Å². The lowest BCUT2D eigenvalue weighted by molar-refractivity contribution is -0.480. The molecule has 3 heteroatoms. The molecule has 0 bridgehead atoms. The van der Waals surface area contributed by atoms with Gasteiger partial charge in [0.25, 0.3) is 0 Å². The van der Waals surface area contributed by atoms with Crippen LogP contribution in [0.2, 0.25) is 0 Å². The first-order valence-electron chi connectivity index (χ1n) is 5.64. The maximum atomic E-state index is 10.1. The molecule has 0 aromatic rings. The van der Waals surface area contributed by atoms with Crippen molar-refractivity contribution in [3.63, 3.8) is 0 Å². The van der Waals surface area contributed by atoms with Gasteiger partial charge in [-0.25, -0.2) is 0 Å². The molecule has 0 saturated heterocycles. The fourth-order valence-corrected chi connectivity index (χ4v) is 1.59. The average molecular weight is 201 g/mol. The fraction of sp³-hybridized carbons (Fsp3) is 1.00. The van der Waals surface area contributed by atoms with Crippen LogP contribution in [0.1, 0.15) is 52.9 Å². The van der Waals surface area contributed by atoms with Gasteiger partial charge in [0, 0.05) is 11.3 Å². The average Bonchev–Trinajstić information content (AvgIpc) is 2.02. The van der Waals surface area contributed by atoms with Gasteiger partial charge in [0.1, 0.15) is 0 Å². The third kappa shape index (κ3) is 9.49. The topological polar surface area (TPSA) is 43.1 Å². The zero-order chi connectivity index (χ0) is 11.0. The highest BCUT2D eigenvalue weighted by atomic mass is 16.6. The van der Waals surface area contributed by atoms with Crippen LogP contribution in [0.3, 0.4) is 0 Å². The molecule has 0 aromatic heterocycles. The summed E-state index contributed by atoms with van der Waals surface area (Å²) >= 11 is 0. The van der Waals surface area contributed by atoms with Crippen LogP contribution in [0.15, 0.2) is 0 Å². The molecule has 0 saturated carbocycles. The predicted molar refractivity (Wildman–Crippen MR) is 58.9 cm³/mol. The molecule has 0 aromatic carbocycles. The molecular formula is C11H23NO2. The van der Waals surface area contributed by atoms with Crippen molar-refractivity contribution in [1.29, 1.82) is 0 Å². The van der Waals surface area contributed by atoms with E-state index in [4.69, 9.17) is 0 Å². The van der Waals surface area contributed by atoms with E-state index in [1.165, 1.54) is 19.3 Å². The van der Waals surface area contributed by atoms with Gasteiger partial charge >= 0.3 is 0 Å². The summed E-state index contributed by atoms with van der Waals surface area (Å²) < 4.78 is 0. The maximum absolute atomic E-state index is 10.1. The summed E-state index contributed by atoms with van der Waals surface area (Å²) in [5.74, 6) is 1.43. The molecule has 3 nitrogen and oxygen atoms in total. The maximum Gasteiger partial charge on any atom is 0.203 e. The summed E-state index contributed by atoms with van der Waals surface area (Å²) in [4.78, 5) is 9.87. The van der Waals surface area contributed by atoms with Crippen molar-refractivity contribution in [1.82, 2.24) is 0 Å². The highest BCUT2D eigenvalue weighted by Gasteiger charge is 2.05. The summed E-state index contributed by atoms with van der Waals surface area (Å²) in [6.07, 6.45) is 5.49. The van der Waals surface area contributed by atoms with Crippen molar-refractivity contribution < 1.29 is 4.92 Å². The molecule has 0 spiro atoms. The van der Waals surface area contributed by atoms with Gasteiger partial charge in [-0.2, -0.15) is 0 Å². The normalized spacial score (nSPS) is 13.1. The molecule has 0 amide bonds. The minimum absolute atomic E-state index is 0.133. The van der Waals surface area contributed by atoms with Gasteiger partial charge in [0.15, 0.2) is 0 Å². The van der Waals surface area contributed by atoms with Crippen LogP contribution in [0.25, 0.3) is 0 Å². The number of nitro groups is 1. The Labute approximate surface area is 87.0 Å². The van der Waals surface area contributed by atoms with Crippen LogP contribution in [-0.4, -0.2) is 11.5 Å². The second-order valence-electron chi connectivity index (χ2n) is 4.63. The van der Waals surface area contributed by atoms with Crippen LogP contribution in [0, 0.1) is 22.0 Å². The van der Waals surface area contributed by atoms with Gasteiger partial charge in [0.2, 0.25) is 6.54 Å². The molecule has 84 valence electrons. The fourth-order valence-electron chi connectivity index (χ4n) is 1.59. The van der Waals surface area contributed by atoms with Crippen molar-refractivity contribution in [2.75, 3.05) is 6.54 Å². The van der Waals surface area contributed by atoms with Gasteiger partial charge < -0.3 is 0 Å². The summed E-state index contributed by atoms with van der Waals surface area (Å²) in [6, 6.07) is 0. The SMILES string of the molecule is CC(C)CCCC(C)CCC[N+](=O)[O-]. The molecule has 0 N–H and O–H groups in total. The molecular weight excluding hydrogens is 178 g/mol. The first kappa shape index (κ1) is 13.4. The van der Waals surface area contributed by atoms with Crippen molar-refractivity contribution in [2.24, 2.45) is 11.8 Å². The molecule has 1 atom stereocenters. The van der Waals surface area contributed by atoms with Crippen LogP contribution >= 0.6 is 0 Å². The first-order chi connectivity index (χ1) is 6.52. The van der Waals surface area contributed by atoms with E-state index >= 15 is 0 Å². The Morgan fingerprint density at radius 1 is 1.07 bits per heavy atom. The molecule has 0 fully saturated rings. The zero-order valence-electron chi connectivity index (χ0n) is 9.66. The third-order valence-electron chi connectivity index (χ3n) is 2.52. The van der Waals surface area contributed by atoms with E-state index in [1.54, 1.807) is 0 Å².